The van der Waals surface area contributed by atoms with Crippen molar-refractivity contribution in [3.8, 4) is 6.07 Å². The van der Waals surface area contributed by atoms with Crippen molar-refractivity contribution in [3.05, 3.63) is 64.6 Å². The molecule has 0 aliphatic carbocycles. The van der Waals surface area contributed by atoms with Crippen molar-refractivity contribution in [1.29, 1.82) is 5.26 Å². The van der Waals surface area contributed by atoms with Crippen molar-refractivity contribution in [3.63, 3.8) is 0 Å². The van der Waals surface area contributed by atoms with E-state index in [1.165, 1.54) is 6.08 Å². The Morgan fingerprint density at radius 3 is 2.74 bits per heavy atom. The summed E-state index contributed by atoms with van der Waals surface area (Å²) in [6.07, 6.45) is 3.76. The van der Waals surface area contributed by atoms with E-state index < -0.39 is 0 Å². The lowest BCUT2D eigenvalue weighted by Crippen LogP contribution is -2.08. The van der Waals surface area contributed by atoms with Crippen molar-refractivity contribution >= 4 is 45.4 Å². The molecule has 0 bridgehead atoms. The van der Waals surface area contributed by atoms with E-state index in [4.69, 9.17) is 5.26 Å². The number of carbonyl (C=O) groups excluding carboxylic acids is 1. The summed E-state index contributed by atoms with van der Waals surface area (Å²) in [7, 11) is 0. The molecule has 0 spiro atoms. The second-order valence-corrected chi connectivity index (χ2v) is 6.59. The zero-order valence-corrected chi connectivity index (χ0v) is 14.7. The number of anilines is 1. The topological polar surface area (TPSA) is 52.9 Å². The number of hydrogen-bond donors (Lipinski definition) is 1. The van der Waals surface area contributed by atoms with E-state index in [0.717, 1.165) is 20.6 Å². The van der Waals surface area contributed by atoms with Gasteiger partial charge < -0.3 is 5.32 Å². The lowest BCUT2D eigenvalue weighted by molar-refractivity contribution is -0.111. The zero-order chi connectivity index (χ0) is 16.5. The van der Waals surface area contributed by atoms with E-state index in [-0.39, 0.29) is 5.91 Å². The number of benzene rings is 2. The number of halogens is 1. The largest absolute Gasteiger partial charge is 0.321 e. The molecule has 0 atom stereocenters. The lowest BCUT2D eigenvalue weighted by Gasteiger charge is -2.08. The van der Waals surface area contributed by atoms with Gasteiger partial charge in [-0.2, -0.15) is 5.26 Å². The van der Waals surface area contributed by atoms with Gasteiger partial charge in [0.05, 0.1) is 11.8 Å². The fraction of sp³-hybridized carbons (Fsp3) is 0.111. The van der Waals surface area contributed by atoms with Crippen LogP contribution in [0.1, 0.15) is 12.0 Å². The van der Waals surface area contributed by atoms with Crippen LogP contribution in [0.25, 0.3) is 6.08 Å². The molecular formula is C18H15BrN2OS. The first-order chi connectivity index (χ1) is 11.2. The van der Waals surface area contributed by atoms with Crippen LogP contribution in [0, 0.1) is 11.3 Å². The molecule has 5 heteroatoms. The number of nitrogens with zero attached hydrogens (tertiary/aromatic N) is 1. The molecule has 3 nitrogen and oxygen atoms in total. The van der Waals surface area contributed by atoms with Crippen LogP contribution in [0.15, 0.2) is 64.0 Å². The highest BCUT2D eigenvalue weighted by Gasteiger charge is 2.05. The van der Waals surface area contributed by atoms with Crippen LogP contribution in [0.4, 0.5) is 5.69 Å². The molecule has 23 heavy (non-hydrogen) atoms. The van der Waals surface area contributed by atoms with Gasteiger partial charge >= 0.3 is 0 Å². The smallest absolute Gasteiger partial charge is 0.248 e. The summed E-state index contributed by atoms with van der Waals surface area (Å²) in [6, 6.07) is 17.4. The first kappa shape index (κ1) is 17.3. The summed E-state index contributed by atoms with van der Waals surface area (Å²) in [5.41, 5.74) is 1.71. The molecule has 0 aromatic heterocycles. The molecule has 0 heterocycles. The van der Waals surface area contributed by atoms with Gasteiger partial charge in [0.25, 0.3) is 0 Å². The fourth-order valence-electron chi connectivity index (χ4n) is 1.85. The first-order valence-corrected chi connectivity index (χ1v) is 8.81. The molecule has 0 radical (unpaired) electrons. The Bertz CT molecular complexity index is 753. The summed E-state index contributed by atoms with van der Waals surface area (Å²) in [4.78, 5) is 13.1. The van der Waals surface area contributed by atoms with E-state index >= 15 is 0 Å². The molecule has 0 aliphatic heterocycles. The van der Waals surface area contributed by atoms with Crippen molar-refractivity contribution in [2.75, 3.05) is 11.1 Å². The van der Waals surface area contributed by atoms with Crippen molar-refractivity contribution < 1.29 is 4.79 Å². The number of para-hydroxylation sites is 1. The standard InChI is InChI=1S/C18H15BrN2OS/c19-15-7-2-1-6-14(15)10-11-18(22)21-16-8-3-4-9-17(16)23-13-5-12-20/h1-4,6-11H,5,13H2,(H,21,22). The molecule has 2 aromatic carbocycles. The predicted molar refractivity (Wildman–Crippen MR) is 99.2 cm³/mol. The molecule has 2 rings (SSSR count). The zero-order valence-electron chi connectivity index (χ0n) is 12.3. The third-order valence-electron chi connectivity index (χ3n) is 2.94. The number of amides is 1. The molecule has 1 amide bonds. The molecule has 0 unspecified atom stereocenters. The lowest BCUT2D eigenvalue weighted by atomic mass is 10.2. The van der Waals surface area contributed by atoms with E-state index in [1.54, 1.807) is 17.8 Å². The minimum Gasteiger partial charge on any atom is -0.321 e. The van der Waals surface area contributed by atoms with Gasteiger partial charge in [0, 0.05) is 27.6 Å². The molecule has 116 valence electrons. The highest BCUT2D eigenvalue weighted by atomic mass is 79.9. The van der Waals surface area contributed by atoms with Crippen molar-refractivity contribution in [2.24, 2.45) is 0 Å². The van der Waals surface area contributed by atoms with Crippen LogP contribution in [0.5, 0.6) is 0 Å². The number of nitriles is 1. The van der Waals surface area contributed by atoms with Gasteiger partial charge in [0.15, 0.2) is 0 Å². The van der Waals surface area contributed by atoms with E-state index in [1.807, 2.05) is 48.5 Å². The number of hydrogen-bond acceptors (Lipinski definition) is 3. The predicted octanol–water partition coefficient (Wildman–Crippen LogP) is 5.11. The third kappa shape index (κ3) is 5.59. The number of thioether (sulfide) groups is 1. The SMILES string of the molecule is N#CCCSc1ccccc1NC(=O)C=Cc1ccccc1Br. The number of carbonyl (C=O) groups is 1. The molecule has 2 aromatic rings. The molecular weight excluding hydrogens is 372 g/mol. The van der Waals surface area contributed by atoms with Gasteiger partial charge in [-0.3, -0.25) is 4.79 Å². The Morgan fingerprint density at radius 2 is 1.96 bits per heavy atom. The van der Waals surface area contributed by atoms with Crippen molar-refractivity contribution in [1.82, 2.24) is 0 Å². The Hall–Kier alpha value is -2.03. The van der Waals surface area contributed by atoms with E-state index in [9.17, 15) is 4.79 Å². The quantitative estimate of drug-likeness (QED) is 0.426. The van der Waals surface area contributed by atoms with Gasteiger partial charge in [-0.15, -0.1) is 11.8 Å². The second kappa shape index (κ2) is 9.19. The molecule has 1 N–H and O–H groups in total. The Morgan fingerprint density at radius 1 is 1.22 bits per heavy atom. The van der Waals surface area contributed by atoms with Gasteiger partial charge in [-0.05, 0) is 29.8 Å². The van der Waals surface area contributed by atoms with E-state index in [2.05, 4.69) is 27.3 Å². The summed E-state index contributed by atoms with van der Waals surface area (Å²) in [5.74, 6) is 0.519. The molecule has 0 saturated carbocycles. The van der Waals surface area contributed by atoms with Crippen LogP contribution in [-0.2, 0) is 4.79 Å². The van der Waals surface area contributed by atoms with Gasteiger partial charge in [-0.1, -0.05) is 46.3 Å². The highest BCUT2D eigenvalue weighted by molar-refractivity contribution is 9.10. The Kier molecular flexibility index (Phi) is 6.92. The Labute approximate surface area is 148 Å². The minimum absolute atomic E-state index is 0.186. The summed E-state index contributed by atoms with van der Waals surface area (Å²) < 4.78 is 0.941. The van der Waals surface area contributed by atoms with Crippen LogP contribution < -0.4 is 5.32 Å². The maximum Gasteiger partial charge on any atom is 0.248 e. The maximum atomic E-state index is 12.1. The van der Waals surface area contributed by atoms with Crippen molar-refractivity contribution in [2.45, 2.75) is 11.3 Å². The van der Waals surface area contributed by atoms with Crippen LogP contribution in [0.3, 0.4) is 0 Å². The molecule has 0 saturated heterocycles. The summed E-state index contributed by atoms with van der Waals surface area (Å²) in [6.45, 7) is 0. The number of nitrogens with one attached hydrogen (secondary N) is 1. The number of rotatable bonds is 6. The monoisotopic (exact) mass is 386 g/mol. The fourth-order valence-corrected chi connectivity index (χ4v) is 3.13. The minimum atomic E-state index is -0.186. The van der Waals surface area contributed by atoms with Gasteiger partial charge in [0.1, 0.15) is 0 Å². The highest BCUT2D eigenvalue weighted by Crippen LogP contribution is 2.27. The molecule has 0 fully saturated rings. The summed E-state index contributed by atoms with van der Waals surface area (Å²) >= 11 is 5.01. The van der Waals surface area contributed by atoms with Gasteiger partial charge in [0.2, 0.25) is 5.91 Å². The van der Waals surface area contributed by atoms with Crippen LogP contribution >= 0.6 is 27.7 Å². The average Bonchev–Trinajstić information content (AvgIpc) is 2.56. The van der Waals surface area contributed by atoms with Gasteiger partial charge in [-0.25, -0.2) is 0 Å². The third-order valence-corrected chi connectivity index (χ3v) is 4.73. The van der Waals surface area contributed by atoms with E-state index in [0.29, 0.717) is 12.2 Å². The van der Waals surface area contributed by atoms with Crippen LogP contribution in [0.2, 0.25) is 0 Å². The average molecular weight is 387 g/mol. The second-order valence-electron chi connectivity index (χ2n) is 4.60. The normalized spacial score (nSPS) is 10.4. The molecule has 0 aliphatic rings. The van der Waals surface area contributed by atoms with Crippen LogP contribution in [-0.4, -0.2) is 11.7 Å². The maximum absolute atomic E-state index is 12.1. The summed E-state index contributed by atoms with van der Waals surface area (Å²) in [5, 5.41) is 11.5. The first-order valence-electron chi connectivity index (χ1n) is 7.03. The Balaban J connectivity index is 2.03.